The predicted molar refractivity (Wildman–Crippen MR) is 132 cm³/mol. The van der Waals surface area contributed by atoms with E-state index in [9.17, 15) is 0 Å². The van der Waals surface area contributed by atoms with E-state index in [0.29, 0.717) is 5.82 Å². The Balaban J connectivity index is 1.91. The number of rotatable bonds is 6. The maximum absolute atomic E-state index is 4.63. The molecule has 0 amide bonds. The Kier molecular flexibility index (Phi) is 5.29. The van der Waals surface area contributed by atoms with E-state index in [1.165, 1.54) is 15.6 Å². The second kappa shape index (κ2) is 8.40. The van der Waals surface area contributed by atoms with Gasteiger partial charge in [-0.2, -0.15) is 0 Å². The number of nitrogens with zero attached hydrogens (tertiary/aromatic N) is 5. The summed E-state index contributed by atoms with van der Waals surface area (Å²) in [7, 11) is -0.658. The summed E-state index contributed by atoms with van der Waals surface area (Å²) in [6.07, 6.45) is 3.45. The Labute approximate surface area is 189 Å². The molecular weight excluding hydrogens is 410 g/mol. The first-order valence-corrected chi connectivity index (χ1v) is 12.8. The number of hydrogen-bond acceptors (Lipinski definition) is 4. The molecule has 0 saturated heterocycles. The smallest absolute Gasteiger partial charge is 0.254 e. The molecule has 0 N–H and O–H groups in total. The Bertz CT molecular complexity index is 1170. The molecule has 3 aromatic carbocycles. The first-order valence-electron chi connectivity index (χ1n) is 10.8. The second-order valence-corrected chi connectivity index (χ2v) is 11.5. The molecule has 0 unspecified atom stereocenters. The van der Waals surface area contributed by atoms with Crippen molar-refractivity contribution >= 4 is 29.6 Å². The van der Waals surface area contributed by atoms with Crippen LogP contribution in [0, 0.1) is 0 Å². The van der Waals surface area contributed by atoms with Gasteiger partial charge in [0.05, 0.1) is 6.33 Å². The Morgan fingerprint density at radius 3 is 1.69 bits per heavy atom. The monoisotopic (exact) mass is 435 g/mol. The molecule has 0 aromatic heterocycles. The van der Waals surface area contributed by atoms with Crippen LogP contribution in [0.4, 0.5) is 5.82 Å². The van der Waals surface area contributed by atoms with Gasteiger partial charge in [0.15, 0.2) is 5.82 Å². The molecule has 0 fully saturated rings. The summed E-state index contributed by atoms with van der Waals surface area (Å²) in [5.41, 5.74) is 0.830. The second-order valence-electron chi connectivity index (χ2n) is 7.78. The molecule has 2 aliphatic rings. The van der Waals surface area contributed by atoms with Gasteiger partial charge >= 0.3 is 0 Å². The molecule has 158 valence electrons. The standard InChI is InChI=1S/C26H25N5Si/c1-3-31(26-24-25(28-19-27-24)29-20-30(26)2)32(21-13-7-4-8-14-21,22-15-9-5-10-16-22)23-17-11-6-12-18-23/h4-20H,3H2,1-2H3. The predicted octanol–water partition coefficient (Wildman–Crippen LogP) is 2.81. The summed E-state index contributed by atoms with van der Waals surface area (Å²) in [6.45, 7) is 3.03. The van der Waals surface area contributed by atoms with E-state index < -0.39 is 8.24 Å². The van der Waals surface area contributed by atoms with E-state index in [-0.39, 0.29) is 0 Å². The van der Waals surface area contributed by atoms with E-state index in [1.54, 1.807) is 6.33 Å². The first kappa shape index (κ1) is 20.1. The molecule has 0 spiro atoms. The molecule has 6 heteroatoms. The SMILES string of the molecule is CCN(c1c2ncnc-2ncn1C)[Si](c1ccccc1)(c1ccccc1)c1ccccc1. The van der Waals surface area contributed by atoms with Gasteiger partial charge < -0.3 is 9.13 Å². The van der Waals surface area contributed by atoms with Crippen LogP contribution >= 0.6 is 0 Å². The number of aryl methyl sites for hydroxylation is 1. The molecular formula is C26H25N5Si. The normalized spacial score (nSPS) is 11.6. The molecule has 0 saturated carbocycles. The Morgan fingerprint density at radius 1 is 0.719 bits per heavy atom. The van der Waals surface area contributed by atoms with Gasteiger partial charge in [-0.25, -0.2) is 15.0 Å². The molecule has 2 heterocycles. The van der Waals surface area contributed by atoms with Crippen LogP contribution in [0.5, 0.6) is 0 Å². The van der Waals surface area contributed by atoms with Gasteiger partial charge in [-0.15, -0.1) is 0 Å². The first-order chi connectivity index (χ1) is 15.8. The van der Waals surface area contributed by atoms with Gasteiger partial charge in [0.25, 0.3) is 8.24 Å². The zero-order valence-electron chi connectivity index (χ0n) is 18.3. The minimum absolute atomic E-state index is 0.675. The molecule has 0 bridgehead atoms. The maximum Gasteiger partial charge on any atom is 0.254 e. The zero-order chi connectivity index (χ0) is 22.0. The maximum atomic E-state index is 4.63. The van der Waals surface area contributed by atoms with Crippen molar-refractivity contribution in [2.75, 3.05) is 11.1 Å². The van der Waals surface area contributed by atoms with Crippen molar-refractivity contribution in [1.29, 1.82) is 0 Å². The lowest BCUT2D eigenvalue weighted by molar-refractivity contribution is 0.831. The fourth-order valence-electron chi connectivity index (χ4n) is 4.75. The van der Waals surface area contributed by atoms with Gasteiger partial charge in [0, 0.05) is 13.6 Å². The third-order valence-corrected chi connectivity index (χ3v) is 10.9. The van der Waals surface area contributed by atoms with E-state index in [2.05, 4.69) is 122 Å². The summed E-state index contributed by atoms with van der Waals surface area (Å²) in [4.78, 5) is 13.5. The highest BCUT2D eigenvalue weighted by Gasteiger charge is 2.47. The van der Waals surface area contributed by atoms with Crippen molar-refractivity contribution in [2.24, 2.45) is 7.05 Å². The van der Waals surface area contributed by atoms with Gasteiger partial charge in [-0.1, -0.05) is 91.0 Å². The van der Waals surface area contributed by atoms with E-state index >= 15 is 0 Å². The fourth-order valence-corrected chi connectivity index (χ4v) is 9.76. The molecule has 32 heavy (non-hydrogen) atoms. The lowest BCUT2D eigenvalue weighted by Gasteiger charge is -2.45. The largest absolute Gasteiger partial charge is 0.371 e. The average molecular weight is 436 g/mol. The summed E-state index contributed by atoms with van der Waals surface area (Å²) >= 11 is 0. The van der Waals surface area contributed by atoms with Crippen LogP contribution in [0.25, 0.3) is 11.5 Å². The summed E-state index contributed by atoms with van der Waals surface area (Å²) in [5.74, 6) is 1.71. The zero-order valence-corrected chi connectivity index (χ0v) is 19.3. The fraction of sp³-hybridized carbons (Fsp3) is 0.115. The molecule has 0 radical (unpaired) electrons. The number of aromatic nitrogens is 4. The average Bonchev–Trinajstić information content (AvgIpc) is 3.34. The van der Waals surface area contributed by atoms with E-state index in [4.69, 9.17) is 0 Å². The van der Waals surface area contributed by atoms with Crippen molar-refractivity contribution in [1.82, 2.24) is 19.5 Å². The van der Waals surface area contributed by atoms with Crippen LogP contribution in [0.1, 0.15) is 6.92 Å². The highest BCUT2D eigenvalue weighted by molar-refractivity contribution is 7.13. The van der Waals surface area contributed by atoms with Crippen LogP contribution < -0.4 is 20.1 Å². The lowest BCUT2D eigenvalue weighted by atomic mass is 10.3. The Morgan fingerprint density at radius 2 is 1.22 bits per heavy atom. The van der Waals surface area contributed by atoms with Crippen molar-refractivity contribution in [2.45, 2.75) is 6.92 Å². The van der Waals surface area contributed by atoms with Gasteiger partial charge in [-0.05, 0) is 22.5 Å². The summed E-state index contributed by atoms with van der Waals surface area (Å²) in [6, 6.07) is 32.7. The van der Waals surface area contributed by atoms with Crippen LogP contribution in [0.15, 0.2) is 104 Å². The Hall–Kier alpha value is -3.77. The van der Waals surface area contributed by atoms with Gasteiger partial charge in [-0.3, -0.25) is 0 Å². The molecule has 0 aliphatic carbocycles. The third kappa shape index (κ3) is 3.11. The summed E-state index contributed by atoms with van der Waals surface area (Å²) in [5, 5.41) is 3.97. The number of hydrogen-bond donors (Lipinski definition) is 0. The molecule has 5 nitrogen and oxygen atoms in total. The van der Waals surface area contributed by atoms with Gasteiger partial charge in [0.2, 0.25) is 0 Å². The van der Waals surface area contributed by atoms with Crippen LogP contribution in [0.3, 0.4) is 0 Å². The van der Waals surface area contributed by atoms with Crippen molar-refractivity contribution in [3.63, 3.8) is 0 Å². The summed E-state index contributed by atoms with van der Waals surface area (Å²) < 4.78 is 4.64. The van der Waals surface area contributed by atoms with Gasteiger partial charge in [0.1, 0.15) is 17.8 Å². The third-order valence-electron chi connectivity index (χ3n) is 6.03. The van der Waals surface area contributed by atoms with Crippen LogP contribution in [-0.4, -0.2) is 34.3 Å². The quantitative estimate of drug-likeness (QED) is 0.304. The molecule has 0 atom stereocenters. The number of benzene rings is 3. The van der Waals surface area contributed by atoms with Crippen molar-refractivity contribution in [3.8, 4) is 11.5 Å². The van der Waals surface area contributed by atoms with Crippen LogP contribution in [-0.2, 0) is 7.05 Å². The molecule has 3 aromatic rings. The minimum atomic E-state index is -2.70. The van der Waals surface area contributed by atoms with Crippen molar-refractivity contribution < 1.29 is 0 Å². The van der Waals surface area contributed by atoms with E-state index in [0.717, 1.165) is 18.1 Å². The van der Waals surface area contributed by atoms with Crippen molar-refractivity contribution in [3.05, 3.63) is 104 Å². The highest BCUT2D eigenvalue weighted by Crippen LogP contribution is 2.30. The van der Waals surface area contributed by atoms with E-state index in [1.807, 2.05) is 13.4 Å². The highest BCUT2D eigenvalue weighted by atomic mass is 28.3. The molecule has 2 aliphatic heterocycles. The minimum Gasteiger partial charge on any atom is -0.371 e. The number of anilines is 1. The number of fused-ring (bicyclic) bond motifs is 1. The van der Waals surface area contributed by atoms with Crippen LogP contribution in [0.2, 0.25) is 0 Å². The topological polar surface area (TPSA) is 46.8 Å². The number of imidazole rings is 1. The molecule has 5 rings (SSSR count). The lowest BCUT2D eigenvalue weighted by Crippen LogP contribution is -2.78.